The van der Waals surface area contributed by atoms with Crippen LogP contribution in [0.5, 0.6) is 0 Å². The standard InChI is InChI=1S/3C7H15O.Al.Li/c3*1-4-7(8,5-2)6-3;;/h3*4-6H2,1-3H3;;/q3*-1;+3;. The Balaban J connectivity index is 0. The fourth-order valence-corrected chi connectivity index (χ4v) is 6.55. The number of hydrogen-bond donors (Lipinski definition) is 0. The van der Waals surface area contributed by atoms with Crippen LogP contribution in [0.2, 0.25) is 0 Å². The molecule has 0 amide bonds. The van der Waals surface area contributed by atoms with Gasteiger partial charge in [0.15, 0.2) is 0 Å². The van der Waals surface area contributed by atoms with Gasteiger partial charge in [0, 0.05) is 35.7 Å². The molecule has 0 heterocycles. The van der Waals surface area contributed by atoms with Crippen molar-refractivity contribution >= 4 is 34.0 Å². The molecular weight excluding hydrogens is 334 g/mol. The Labute approximate surface area is 181 Å². The van der Waals surface area contributed by atoms with Crippen LogP contribution in [0.25, 0.3) is 0 Å². The first-order valence-corrected chi connectivity index (χ1v) is 12.3. The van der Waals surface area contributed by atoms with Crippen molar-refractivity contribution < 1.29 is 11.4 Å². The first-order valence-electron chi connectivity index (χ1n) is 10.9. The minimum atomic E-state index is -2.27. The van der Waals surface area contributed by atoms with Crippen molar-refractivity contribution in [3.63, 3.8) is 0 Å². The summed E-state index contributed by atoms with van der Waals surface area (Å²) >= 11 is -2.27. The van der Waals surface area contributed by atoms with Gasteiger partial charge in [-0.15, -0.1) is 0 Å². The van der Waals surface area contributed by atoms with Gasteiger partial charge in [0.2, 0.25) is 0 Å². The molecule has 0 rings (SSSR count). The summed E-state index contributed by atoms with van der Waals surface area (Å²) in [4.78, 5) is 0. The van der Waals surface area contributed by atoms with Crippen LogP contribution in [0.4, 0.5) is 0 Å². The molecule has 3 nitrogen and oxygen atoms in total. The molecule has 0 spiro atoms. The van der Waals surface area contributed by atoms with Crippen LogP contribution >= 0.6 is 0 Å². The Morgan fingerprint density at radius 2 is 0.577 bits per heavy atom. The molecule has 0 atom stereocenters. The second-order valence-electron chi connectivity index (χ2n) is 7.37. The molecule has 0 aromatic heterocycles. The number of hydrogen-bond acceptors (Lipinski definition) is 3. The van der Waals surface area contributed by atoms with E-state index in [0.717, 1.165) is 57.8 Å². The van der Waals surface area contributed by atoms with Gasteiger partial charge in [0.1, 0.15) is 0 Å². The summed E-state index contributed by atoms with van der Waals surface area (Å²) in [6.45, 7) is 20.0. The van der Waals surface area contributed by atoms with Gasteiger partial charge in [0.05, 0.1) is 0 Å². The van der Waals surface area contributed by atoms with Crippen LogP contribution < -0.4 is 0 Å². The van der Waals surface area contributed by atoms with Gasteiger partial charge >= 0.3 is 15.1 Å². The maximum atomic E-state index is 6.70. The Hall–Kier alpha value is 1.01. The van der Waals surface area contributed by atoms with Crippen LogP contribution in [0.3, 0.4) is 0 Å². The van der Waals surface area contributed by atoms with Gasteiger partial charge in [0.25, 0.3) is 0 Å². The van der Waals surface area contributed by atoms with E-state index in [2.05, 4.69) is 62.3 Å². The third kappa shape index (κ3) is 7.79. The van der Waals surface area contributed by atoms with Gasteiger partial charge in [-0.2, -0.15) is 0 Å². The van der Waals surface area contributed by atoms with Crippen molar-refractivity contribution in [2.45, 2.75) is 137 Å². The maximum absolute atomic E-state index is 6.70. The van der Waals surface area contributed by atoms with E-state index in [-0.39, 0.29) is 35.7 Å². The Kier molecular flexibility index (Phi) is 15.8. The maximum Gasteiger partial charge on any atom is 0.906 e. The van der Waals surface area contributed by atoms with Crippen LogP contribution in [0.15, 0.2) is 0 Å². The van der Waals surface area contributed by atoms with Crippen LogP contribution in [-0.4, -0.2) is 50.8 Å². The summed E-state index contributed by atoms with van der Waals surface area (Å²) in [5, 5.41) is 0. The zero-order valence-corrected chi connectivity index (χ0v) is 20.8. The molecule has 0 aromatic rings. The molecule has 0 bridgehead atoms. The molecular formula is C21H45AlLiO3. The van der Waals surface area contributed by atoms with Crippen LogP contribution in [0.1, 0.15) is 120 Å². The molecule has 0 N–H and O–H groups in total. The normalized spacial score (nSPS) is 12.8. The summed E-state index contributed by atoms with van der Waals surface area (Å²) < 4.78 is 20.1. The molecule has 0 fully saturated rings. The van der Waals surface area contributed by atoms with E-state index in [9.17, 15) is 0 Å². The van der Waals surface area contributed by atoms with Crippen molar-refractivity contribution in [3.05, 3.63) is 0 Å². The minimum absolute atomic E-state index is 0. The predicted molar refractivity (Wildman–Crippen MR) is 116 cm³/mol. The zero-order valence-electron chi connectivity index (χ0n) is 19.7. The fourth-order valence-electron chi connectivity index (χ4n) is 3.68. The van der Waals surface area contributed by atoms with Crippen molar-refractivity contribution in [3.8, 4) is 0 Å². The van der Waals surface area contributed by atoms with Gasteiger partial charge in [-0.3, -0.25) is 0 Å². The zero-order chi connectivity index (χ0) is 19.6. The Morgan fingerprint density at radius 1 is 0.423 bits per heavy atom. The van der Waals surface area contributed by atoms with E-state index in [1.165, 1.54) is 0 Å². The van der Waals surface area contributed by atoms with Crippen LogP contribution in [-0.2, 0) is 11.4 Å². The fraction of sp³-hybridized carbons (Fsp3) is 1.00. The van der Waals surface area contributed by atoms with Gasteiger partial charge in [-0.25, -0.2) is 0 Å². The third-order valence-electron chi connectivity index (χ3n) is 6.84. The van der Waals surface area contributed by atoms with E-state index < -0.39 is 15.1 Å². The third-order valence-corrected chi connectivity index (χ3v) is 8.92. The molecule has 0 aliphatic heterocycles. The average Bonchev–Trinajstić information content (AvgIpc) is 2.68. The van der Waals surface area contributed by atoms with Gasteiger partial charge in [-0.1, -0.05) is 62.3 Å². The summed E-state index contributed by atoms with van der Waals surface area (Å²) in [6, 6.07) is 0. The molecule has 0 saturated heterocycles. The molecule has 151 valence electrons. The molecule has 0 unspecified atom stereocenters. The van der Waals surface area contributed by atoms with Crippen molar-refractivity contribution in [1.82, 2.24) is 0 Å². The Bertz CT molecular complexity index is 263. The van der Waals surface area contributed by atoms with E-state index in [1.54, 1.807) is 0 Å². The molecule has 1 radical (unpaired) electrons. The summed E-state index contributed by atoms with van der Waals surface area (Å²) in [6.07, 6.45) is 9.04. The summed E-state index contributed by atoms with van der Waals surface area (Å²) in [5.41, 5.74) is -0.337. The SMILES string of the molecule is CCC(CC)(CC)[O][Al]([O]C(CC)(CC)CC)[O]C(CC)(CC)CC.[Li]. The monoisotopic (exact) mass is 379 g/mol. The van der Waals surface area contributed by atoms with E-state index in [1.807, 2.05) is 0 Å². The average molecular weight is 380 g/mol. The smallest absolute Gasteiger partial charge is 0.449 e. The van der Waals surface area contributed by atoms with E-state index in [4.69, 9.17) is 11.4 Å². The second-order valence-corrected chi connectivity index (χ2v) is 8.66. The molecule has 0 saturated carbocycles. The molecule has 0 aromatic carbocycles. The van der Waals surface area contributed by atoms with Crippen molar-refractivity contribution in [1.29, 1.82) is 0 Å². The minimum Gasteiger partial charge on any atom is -0.449 e. The molecule has 26 heavy (non-hydrogen) atoms. The van der Waals surface area contributed by atoms with Gasteiger partial charge in [-0.05, 0) is 57.8 Å². The quantitative estimate of drug-likeness (QED) is 0.302. The van der Waals surface area contributed by atoms with E-state index >= 15 is 0 Å². The van der Waals surface area contributed by atoms with Crippen molar-refractivity contribution in [2.24, 2.45) is 0 Å². The topological polar surface area (TPSA) is 27.7 Å². The van der Waals surface area contributed by atoms with Gasteiger partial charge < -0.3 is 11.4 Å². The van der Waals surface area contributed by atoms with Crippen molar-refractivity contribution in [2.75, 3.05) is 0 Å². The summed E-state index contributed by atoms with van der Waals surface area (Å²) in [7, 11) is 0. The first-order chi connectivity index (χ1) is 11.8. The predicted octanol–water partition coefficient (Wildman–Crippen LogP) is 6.55. The van der Waals surface area contributed by atoms with Crippen LogP contribution in [0, 0.1) is 0 Å². The molecule has 5 heteroatoms. The first kappa shape index (κ1) is 29.2. The van der Waals surface area contributed by atoms with E-state index in [0.29, 0.717) is 0 Å². The largest absolute Gasteiger partial charge is 0.906 e. The second kappa shape index (κ2) is 14.1. The molecule has 0 aliphatic carbocycles. The summed E-state index contributed by atoms with van der Waals surface area (Å²) in [5.74, 6) is 0. The Morgan fingerprint density at radius 3 is 0.692 bits per heavy atom. The molecule has 0 aliphatic rings. The number of rotatable bonds is 15.